The van der Waals surface area contributed by atoms with Gasteiger partial charge in [0.25, 0.3) is 0 Å². The number of carboxylic acids is 1. The summed E-state index contributed by atoms with van der Waals surface area (Å²) in [6.45, 7) is 0.469. The molecule has 1 unspecified atom stereocenters. The first-order valence-corrected chi connectivity index (χ1v) is 5.88. The molecule has 0 saturated carbocycles. The average molecular weight is 300 g/mol. The first-order valence-electron chi connectivity index (χ1n) is 5.88. The van der Waals surface area contributed by atoms with Crippen molar-refractivity contribution in [2.24, 2.45) is 0 Å². The summed E-state index contributed by atoms with van der Waals surface area (Å²) in [5, 5.41) is 13.5. The molecule has 0 heterocycles. The molecular formula is C13H14F2N2O4. The summed E-state index contributed by atoms with van der Waals surface area (Å²) in [4.78, 5) is 22.4. The number of aliphatic carboxylic acids is 1. The highest BCUT2D eigenvalue weighted by Crippen LogP contribution is 2.17. The first kappa shape index (κ1) is 16.4. The molecular weight excluding hydrogens is 286 g/mol. The van der Waals surface area contributed by atoms with Gasteiger partial charge in [-0.15, -0.1) is 6.58 Å². The number of halogens is 2. The number of carbonyl (C=O) groups is 2. The Kier molecular flexibility index (Phi) is 6.12. The third-order valence-electron chi connectivity index (χ3n) is 2.34. The highest BCUT2D eigenvalue weighted by Gasteiger charge is 2.18. The van der Waals surface area contributed by atoms with Crippen LogP contribution in [0.1, 0.15) is 6.42 Å². The fraction of sp³-hybridized carbons (Fsp3) is 0.231. The summed E-state index contributed by atoms with van der Waals surface area (Å²) in [5.74, 6) is -1.24. The van der Waals surface area contributed by atoms with Crippen LogP contribution in [0, 0.1) is 0 Å². The van der Waals surface area contributed by atoms with Crippen molar-refractivity contribution >= 4 is 17.7 Å². The summed E-state index contributed by atoms with van der Waals surface area (Å²) < 4.78 is 28.1. The molecule has 0 bridgehead atoms. The molecule has 1 rings (SSSR count). The summed E-state index contributed by atoms with van der Waals surface area (Å²) in [5.41, 5.74) is 0.303. The molecule has 0 saturated heterocycles. The van der Waals surface area contributed by atoms with Gasteiger partial charge in [-0.1, -0.05) is 6.08 Å². The smallest absolute Gasteiger partial charge is 0.387 e. The molecule has 21 heavy (non-hydrogen) atoms. The predicted octanol–water partition coefficient (Wildman–Crippen LogP) is 2.44. The first-order chi connectivity index (χ1) is 9.92. The Morgan fingerprint density at radius 3 is 2.43 bits per heavy atom. The Morgan fingerprint density at radius 2 is 1.95 bits per heavy atom. The standard InChI is InChI=1S/C13H14F2N2O4/c1-2-3-10(11(18)19)17-13(20)16-8-4-6-9(7-5-8)21-12(14)15/h2,4-7,10,12H,1,3H2,(H,18,19)(H2,16,17,20). The van der Waals surface area contributed by atoms with Gasteiger partial charge in [-0.25, -0.2) is 9.59 Å². The number of nitrogens with one attached hydrogen (secondary N) is 2. The van der Waals surface area contributed by atoms with Crippen molar-refractivity contribution in [3.63, 3.8) is 0 Å². The zero-order valence-corrected chi connectivity index (χ0v) is 10.9. The topological polar surface area (TPSA) is 87.7 Å². The molecule has 2 amide bonds. The number of urea groups is 1. The van der Waals surface area contributed by atoms with Crippen molar-refractivity contribution in [1.29, 1.82) is 0 Å². The Morgan fingerprint density at radius 1 is 1.33 bits per heavy atom. The minimum atomic E-state index is -2.93. The zero-order valence-electron chi connectivity index (χ0n) is 10.9. The number of rotatable bonds is 7. The van der Waals surface area contributed by atoms with Crippen molar-refractivity contribution in [2.45, 2.75) is 19.1 Å². The van der Waals surface area contributed by atoms with E-state index in [9.17, 15) is 18.4 Å². The Hall–Kier alpha value is -2.64. The molecule has 3 N–H and O–H groups in total. The molecule has 0 fully saturated rings. The molecule has 0 aliphatic rings. The number of ether oxygens (including phenoxy) is 1. The molecule has 8 heteroatoms. The van der Waals surface area contributed by atoms with Gasteiger partial charge in [0.2, 0.25) is 0 Å². The van der Waals surface area contributed by atoms with E-state index in [4.69, 9.17) is 5.11 Å². The molecule has 0 spiro atoms. The molecule has 0 aliphatic carbocycles. The van der Waals surface area contributed by atoms with Gasteiger partial charge < -0.3 is 20.5 Å². The minimum absolute atomic E-state index is 0.0500. The fourth-order valence-electron chi connectivity index (χ4n) is 1.43. The fourth-order valence-corrected chi connectivity index (χ4v) is 1.43. The van der Waals surface area contributed by atoms with Gasteiger partial charge in [-0.2, -0.15) is 8.78 Å². The Bertz CT molecular complexity index is 505. The summed E-state index contributed by atoms with van der Waals surface area (Å²) >= 11 is 0. The molecule has 0 aromatic heterocycles. The van der Waals surface area contributed by atoms with Gasteiger partial charge in [-0.3, -0.25) is 0 Å². The van der Waals surface area contributed by atoms with Gasteiger partial charge in [0, 0.05) is 5.69 Å². The number of benzene rings is 1. The monoisotopic (exact) mass is 300 g/mol. The zero-order chi connectivity index (χ0) is 15.8. The van der Waals surface area contributed by atoms with Crippen LogP contribution in [0.15, 0.2) is 36.9 Å². The highest BCUT2D eigenvalue weighted by atomic mass is 19.3. The summed E-state index contributed by atoms with van der Waals surface area (Å²) in [6.07, 6.45) is 1.44. The van der Waals surface area contributed by atoms with Crippen molar-refractivity contribution in [3.05, 3.63) is 36.9 Å². The number of amides is 2. The summed E-state index contributed by atoms with van der Waals surface area (Å²) in [7, 11) is 0. The number of carbonyl (C=O) groups excluding carboxylic acids is 1. The SMILES string of the molecule is C=CCC(NC(=O)Nc1ccc(OC(F)F)cc1)C(=O)O. The maximum absolute atomic E-state index is 12.0. The lowest BCUT2D eigenvalue weighted by Crippen LogP contribution is -2.42. The van der Waals surface area contributed by atoms with Crippen LogP contribution in [0.4, 0.5) is 19.3 Å². The minimum Gasteiger partial charge on any atom is -0.480 e. The van der Waals surface area contributed by atoms with Crippen LogP contribution in [0.5, 0.6) is 5.75 Å². The lowest BCUT2D eigenvalue weighted by Gasteiger charge is -2.13. The molecule has 1 atom stereocenters. The van der Waals surface area contributed by atoms with Crippen LogP contribution in [-0.4, -0.2) is 29.8 Å². The Labute approximate surface area is 119 Å². The average Bonchev–Trinajstić information content (AvgIpc) is 2.40. The van der Waals surface area contributed by atoms with E-state index in [0.717, 1.165) is 0 Å². The number of hydrogen-bond acceptors (Lipinski definition) is 3. The highest BCUT2D eigenvalue weighted by molar-refractivity contribution is 5.92. The van der Waals surface area contributed by atoms with E-state index >= 15 is 0 Å². The lowest BCUT2D eigenvalue weighted by molar-refractivity contribution is -0.139. The second kappa shape index (κ2) is 7.83. The number of hydrogen-bond donors (Lipinski definition) is 3. The van der Waals surface area contributed by atoms with Crippen LogP contribution in [-0.2, 0) is 4.79 Å². The van der Waals surface area contributed by atoms with Gasteiger partial charge in [-0.05, 0) is 30.7 Å². The van der Waals surface area contributed by atoms with E-state index in [1.54, 1.807) is 0 Å². The number of anilines is 1. The molecule has 0 radical (unpaired) electrons. The Balaban J connectivity index is 2.57. The van der Waals surface area contributed by atoms with Gasteiger partial charge in [0.05, 0.1) is 0 Å². The van der Waals surface area contributed by atoms with Crippen molar-refractivity contribution < 1.29 is 28.2 Å². The largest absolute Gasteiger partial charge is 0.480 e. The molecule has 1 aromatic rings. The third-order valence-corrected chi connectivity index (χ3v) is 2.34. The van der Waals surface area contributed by atoms with E-state index in [1.165, 1.54) is 30.3 Å². The van der Waals surface area contributed by atoms with Crippen LogP contribution in [0.3, 0.4) is 0 Å². The lowest BCUT2D eigenvalue weighted by atomic mass is 10.2. The van der Waals surface area contributed by atoms with E-state index in [0.29, 0.717) is 5.69 Å². The number of alkyl halides is 2. The van der Waals surface area contributed by atoms with Gasteiger partial charge in [0.1, 0.15) is 11.8 Å². The maximum atomic E-state index is 12.0. The van der Waals surface area contributed by atoms with Gasteiger partial charge in [0.15, 0.2) is 0 Å². The molecule has 6 nitrogen and oxygen atoms in total. The van der Waals surface area contributed by atoms with Crippen molar-refractivity contribution in [2.75, 3.05) is 5.32 Å². The van der Waals surface area contributed by atoms with Crippen LogP contribution < -0.4 is 15.4 Å². The van der Waals surface area contributed by atoms with E-state index in [-0.39, 0.29) is 12.2 Å². The molecule has 114 valence electrons. The second-order valence-corrected chi connectivity index (χ2v) is 3.92. The third kappa shape index (κ3) is 5.89. The van der Waals surface area contributed by atoms with Crippen LogP contribution in [0.2, 0.25) is 0 Å². The van der Waals surface area contributed by atoms with E-state index in [2.05, 4.69) is 21.9 Å². The van der Waals surface area contributed by atoms with Crippen molar-refractivity contribution in [1.82, 2.24) is 5.32 Å². The van der Waals surface area contributed by atoms with Crippen LogP contribution >= 0.6 is 0 Å². The van der Waals surface area contributed by atoms with Crippen molar-refractivity contribution in [3.8, 4) is 5.75 Å². The normalized spacial score (nSPS) is 11.6. The van der Waals surface area contributed by atoms with E-state index in [1.807, 2.05) is 0 Å². The molecule has 1 aromatic carbocycles. The van der Waals surface area contributed by atoms with Gasteiger partial charge >= 0.3 is 18.6 Å². The van der Waals surface area contributed by atoms with E-state index < -0.39 is 24.7 Å². The summed E-state index contributed by atoms with van der Waals surface area (Å²) in [6, 6.07) is 3.37. The number of carboxylic acid groups (broad SMARTS) is 1. The molecule has 0 aliphatic heterocycles. The maximum Gasteiger partial charge on any atom is 0.387 e. The quantitative estimate of drug-likeness (QED) is 0.675. The second-order valence-electron chi connectivity index (χ2n) is 3.92. The van der Waals surface area contributed by atoms with Crippen LogP contribution in [0.25, 0.3) is 0 Å². The predicted molar refractivity (Wildman–Crippen MR) is 71.5 cm³/mol.